The Hall–Kier alpha value is -6.65. The molecule has 0 saturated heterocycles. The quantitative estimate of drug-likeness (QED) is 0.0329. The molecule has 11 heteroatoms. The summed E-state index contributed by atoms with van der Waals surface area (Å²) in [5.74, 6) is -0.213. The van der Waals surface area contributed by atoms with E-state index in [0.29, 0.717) is 41.2 Å². The third kappa shape index (κ3) is 14.7. The second-order valence-electron chi connectivity index (χ2n) is 15.6. The van der Waals surface area contributed by atoms with Crippen LogP contribution in [0.25, 0.3) is 10.8 Å². The lowest BCUT2D eigenvalue weighted by Crippen LogP contribution is -2.11. The van der Waals surface area contributed by atoms with Crippen LogP contribution in [0.15, 0.2) is 127 Å². The number of unbranched alkanes of at least 4 members (excludes halogenated alkanes) is 10. The van der Waals surface area contributed by atoms with Crippen LogP contribution in [-0.2, 0) is 0 Å². The first-order valence-electron chi connectivity index (χ1n) is 22.5. The highest BCUT2D eigenvalue weighted by molar-refractivity contribution is 6.37. The van der Waals surface area contributed by atoms with Crippen molar-refractivity contribution in [3.8, 4) is 34.5 Å². The molecule has 6 aromatic rings. The molecule has 6 aromatic carbocycles. The van der Waals surface area contributed by atoms with E-state index in [0.717, 1.165) is 31.1 Å². The summed E-state index contributed by atoms with van der Waals surface area (Å²) in [6, 6.07) is 33.8. The summed E-state index contributed by atoms with van der Waals surface area (Å²) in [4.78, 5) is 51.8. The predicted molar refractivity (Wildman–Crippen MR) is 252 cm³/mol. The van der Waals surface area contributed by atoms with Crippen molar-refractivity contribution >= 4 is 46.3 Å². The van der Waals surface area contributed by atoms with Crippen molar-refractivity contribution in [1.29, 1.82) is 0 Å². The van der Waals surface area contributed by atoms with Gasteiger partial charge in [-0.2, -0.15) is 0 Å². The van der Waals surface area contributed by atoms with Crippen LogP contribution < -0.4 is 28.4 Å². The van der Waals surface area contributed by atoms with E-state index >= 15 is 0 Å². The van der Waals surface area contributed by atoms with E-state index in [1.54, 1.807) is 78.9 Å². The molecule has 0 aliphatic heterocycles. The van der Waals surface area contributed by atoms with Gasteiger partial charge in [-0.1, -0.05) is 102 Å². The first kappa shape index (κ1) is 47.8. The normalized spacial score (nSPS) is 10.9. The van der Waals surface area contributed by atoms with Crippen LogP contribution in [0.1, 0.15) is 132 Å². The third-order valence-corrected chi connectivity index (χ3v) is 11.0. The zero-order chi connectivity index (χ0) is 45.8. The minimum Gasteiger partial charge on any atom is -0.494 e. The molecular weight excluding hydrogens is 844 g/mol. The highest BCUT2D eigenvalue weighted by Gasteiger charge is 2.17. The molecule has 0 atom stereocenters. The lowest BCUT2D eigenvalue weighted by Gasteiger charge is -2.11. The average Bonchev–Trinajstić information content (AvgIpc) is 3.32. The van der Waals surface area contributed by atoms with Gasteiger partial charge < -0.3 is 28.4 Å². The first-order valence-corrected chi connectivity index (χ1v) is 22.9. The Morgan fingerprint density at radius 3 is 1.15 bits per heavy atom. The molecule has 0 unspecified atom stereocenters. The maximum atomic E-state index is 13.1. The summed E-state index contributed by atoms with van der Waals surface area (Å²) in [7, 11) is 0. The first-order chi connectivity index (χ1) is 31.7. The van der Waals surface area contributed by atoms with Crippen LogP contribution in [0, 0.1) is 0 Å². The van der Waals surface area contributed by atoms with Crippen molar-refractivity contribution in [3.05, 3.63) is 155 Å². The Kier molecular flexibility index (Phi) is 18.4. The maximum Gasteiger partial charge on any atom is 0.343 e. The van der Waals surface area contributed by atoms with Gasteiger partial charge in [-0.25, -0.2) is 19.2 Å². The fourth-order valence-corrected chi connectivity index (χ4v) is 7.14. The zero-order valence-electron chi connectivity index (χ0n) is 37.0. The molecule has 0 spiro atoms. The Balaban J connectivity index is 0.966. The van der Waals surface area contributed by atoms with Crippen LogP contribution in [0.5, 0.6) is 34.5 Å². The molecule has 338 valence electrons. The molecule has 0 radical (unpaired) electrons. The SMILES string of the molecule is CCCCCCCCOc1ccc(C(=O)Oc2ccc(C(=O)Oc3ccc4ccc(OC(=O)c5ccc(OC(=O)c6ccc(OCCCCCCCC)cc6)cc5)c(Cl)c4c3)cc2)cc1. The van der Waals surface area contributed by atoms with E-state index < -0.39 is 23.9 Å². The number of rotatable bonds is 24. The van der Waals surface area contributed by atoms with E-state index in [9.17, 15) is 19.2 Å². The topological polar surface area (TPSA) is 124 Å². The van der Waals surface area contributed by atoms with Crippen molar-refractivity contribution in [2.45, 2.75) is 90.9 Å². The Labute approximate surface area is 385 Å². The standard InChI is InChI=1S/C54H55ClO10/c1-3-5-7-9-11-13-35-60-43-25-16-39(17-26-43)51(56)62-45-29-20-41(21-30-45)53(58)64-47-33-15-38-24-34-49(50(55)48(38)37-47)65-54(59)42-22-31-46(32-23-42)63-52(57)40-18-27-44(28-19-40)61-36-14-12-10-8-6-4-2/h15-34,37H,3-14,35-36H2,1-2H3. The molecule has 6 rings (SSSR count). The summed E-state index contributed by atoms with van der Waals surface area (Å²) >= 11 is 6.73. The molecule has 0 saturated carbocycles. The minimum absolute atomic E-state index is 0.0976. The smallest absolute Gasteiger partial charge is 0.343 e. The lowest BCUT2D eigenvalue weighted by molar-refractivity contribution is 0.0720. The van der Waals surface area contributed by atoms with Crippen LogP contribution in [0.2, 0.25) is 5.02 Å². The predicted octanol–water partition coefficient (Wildman–Crippen LogP) is 13.8. The number of ether oxygens (including phenoxy) is 6. The van der Waals surface area contributed by atoms with Crippen LogP contribution in [-0.4, -0.2) is 37.1 Å². The van der Waals surface area contributed by atoms with Gasteiger partial charge in [0.1, 0.15) is 34.5 Å². The molecule has 0 bridgehead atoms. The van der Waals surface area contributed by atoms with Gasteiger partial charge in [0.2, 0.25) is 0 Å². The fourth-order valence-electron chi connectivity index (χ4n) is 6.88. The minimum atomic E-state index is -0.682. The number of hydrogen-bond acceptors (Lipinski definition) is 10. The molecule has 0 aromatic heterocycles. The van der Waals surface area contributed by atoms with Crippen molar-refractivity contribution in [1.82, 2.24) is 0 Å². The van der Waals surface area contributed by atoms with Crippen molar-refractivity contribution < 1.29 is 47.6 Å². The van der Waals surface area contributed by atoms with E-state index in [2.05, 4.69) is 13.8 Å². The van der Waals surface area contributed by atoms with Gasteiger partial charge in [0.05, 0.1) is 40.5 Å². The van der Waals surface area contributed by atoms with Gasteiger partial charge in [0, 0.05) is 5.39 Å². The Bertz CT molecular complexity index is 2480. The van der Waals surface area contributed by atoms with E-state index in [-0.39, 0.29) is 39.1 Å². The largest absolute Gasteiger partial charge is 0.494 e. The molecule has 0 fully saturated rings. The van der Waals surface area contributed by atoms with Gasteiger partial charge >= 0.3 is 23.9 Å². The average molecular weight is 899 g/mol. The van der Waals surface area contributed by atoms with Crippen LogP contribution >= 0.6 is 11.6 Å². The maximum absolute atomic E-state index is 13.1. The highest BCUT2D eigenvalue weighted by atomic mass is 35.5. The van der Waals surface area contributed by atoms with E-state index in [4.69, 9.17) is 40.0 Å². The number of esters is 4. The number of carbonyl (C=O) groups excluding carboxylic acids is 4. The van der Waals surface area contributed by atoms with Gasteiger partial charge in [-0.15, -0.1) is 0 Å². The van der Waals surface area contributed by atoms with Gasteiger partial charge in [-0.3, -0.25) is 0 Å². The number of hydrogen-bond donors (Lipinski definition) is 0. The molecule has 0 aliphatic carbocycles. The second-order valence-corrected chi connectivity index (χ2v) is 16.0. The second kappa shape index (κ2) is 25.0. The molecule has 0 heterocycles. The number of halogens is 1. The molecule has 10 nitrogen and oxygen atoms in total. The summed E-state index contributed by atoms with van der Waals surface area (Å²) in [6.07, 6.45) is 14.1. The van der Waals surface area contributed by atoms with E-state index in [1.807, 2.05) is 0 Å². The van der Waals surface area contributed by atoms with Crippen molar-refractivity contribution in [2.75, 3.05) is 13.2 Å². The van der Waals surface area contributed by atoms with Crippen LogP contribution in [0.4, 0.5) is 0 Å². The highest BCUT2D eigenvalue weighted by Crippen LogP contribution is 2.36. The number of carbonyl (C=O) groups is 4. The molecule has 0 amide bonds. The van der Waals surface area contributed by atoms with Gasteiger partial charge in [-0.05, 0) is 133 Å². The molecule has 0 N–H and O–H groups in total. The zero-order valence-corrected chi connectivity index (χ0v) is 37.7. The van der Waals surface area contributed by atoms with E-state index in [1.165, 1.54) is 99.9 Å². The fraction of sp³-hybridized carbons (Fsp3) is 0.296. The summed E-state index contributed by atoms with van der Waals surface area (Å²) in [6.45, 7) is 5.66. The Morgan fingerprint density at radius 2 is 0.723 bits per heavy atom. The van der Waals surface area contributed by atoms with Gasteiger partial charge in [0.15, 0.2) is 0 Å². The molecule has 65 heavy (non-hydrogen) atoms. The monoisotopic (exact) mass is 898 g/mol. The summed E-state index contributed by atoms with van der Waals surface area (Å²) in [5.41, 5.74) is 1.16. The third-order valence-electron chi connectivity index (χ3n) is 10.6. The Morgan fingerprint density at radius 1 is 0.385 bits per heavy atom. The number of benzene rings is 6. The summed E-state index contributed by atoms with van der Waals surface area (Å²) < 4.78 is 34.0. The molecular formula is C54H55ClO10. The number of fused-ring (bicyclic) bond motifs is 1. The van der Waals surface area contributed by atoms with Gasteiger partial charge in [0.25, 0.3) is 0 Å². The lowest BCUT2D eigenvalue weighted by atomic mass is 10.1. The van der Waals surface area contributed by atoms with Crippen molar-refractivity contribution in [2.24, 2.45) is 0 Å². The van der Waals surface area contributed by atoms with Crippen molar-refractivity contribution in [3.63, 3.8) is 0 Å². The molecule has 0 aliphatic rings. The van der Waals surface area contributed by atoms with Crippen LogP contribution in [0.3, 0.4) is 0 Å². The summed E-state index contributed by atoms with van der Waals surface area (Å²) in [5, 5.41) is 1.35.